The van der Waals surface area contributed by atoms with E-state index in [1.54, 1.807) is 0 Å². The van der Waals surface area contributed by atoms with Crippen LogP contribution in [0.1, 0.15) is 13.8 Å². The monoisotopic (exact) mass is 139 g/mol. The maximum absolute atomic E-state index is 5.09. The Kier molecular flexibility index (Phi) is 3.90. The van der Waals surface area contributed by atoms with E-state index in [2.05, 4.69) is 23.1 Å². The van der Waals surface area contributed by atoms with Crippen LogP contribution in [0.3, 0.4) is 0 Å². The van der Waals surface area contributed by atoms with E-state index >= 15 is 0 Å². The first-order valence-corrected chi connectivity index (χ1v) is 2.98. The first kappa shape index (κ1) is 8.32. The topological polar surface area (TPSA) is 12.4 Å². The molecule has 0 unspecified atom stereocenters. The standard InChI is InChI=1S/C7H9NS/c1-4-6(3)7(5-2)8-9/h2,4,9H,1,3H3/b6-4-,8-7?. The summed E-state index contributed by atoms with van der Waals surface area (Å²) in [4.78, 5) is 0. The summed E-state index contributed by atoms with van der Waals surface area (Å²) >= 11 is 3.69. The number of hydrogen-bond acceptors (Lipinski definition) is 2. The maximum atomic E-state index is 5.09. The Morgan fingerprint density at radius 2 is 2.33 bits per heavy atom. The lowest BCUT2D eigenvalue weighted by Crippen LogP contribution is -1.92. The minimum Gasteiger partial charge on any atom is -0.211 e. The van der Waals surface area contributed by atoms with Gasteiger partial charge in [-0.1, -0.05) is 6.08 Å². The maximum Gasteiger partial charge on any atom is 0.123 e. The molecule has 0 amide bonds. The number of rotatable bonds is 1. The molecule has 0 spiro atoms. The highest BCUT2D eigenvalue weighted by Crippen LogP contribution is 1.96. The summed E-state index contributed by atoms with van der Waals surface area (Å²) in [6, 6.07) is 0. The van der Waals surface area contributed by atoms with Crippen LogP contribution in [0.5, 0.6) is 0 Å². The van der Waals surface area contributed by atoms with Gasteiger partial charge in [0, 0.05) is 0 Å². The van der Waals surface area contributed by atoms with Crippen molar-refractivity contribution in [1.82, 2.24) is 0 Å². The molecule has 48 valence electrons. The largest absolute Gasteiger partial charge is 0.211 e. The lowest BCUT2D eigenvalue weighted by atomic mass is 10.2. The van der Waals surface area contributed by atoms with Crippen LogP contribution in [-0.2, 0) is 0 Å². The van der Waals surface area contributed by atoms with E-state index in [1.165, 1.54) is 0 Å². The van der Waals surface area contributed by atoms with E-state index in [-0.39, 0.29) is 0 Å². The van der Waals surface area contributed by atoms with E-state index in [0.717, 1.165) is 5.57 Å². The summed E-state index contributed by atoms with van der Waals surface area (Å²) in [6.45, 7) is 3.81. The molecule has 0 aromatic heterocycles. The van der Waals surface area contributed by atoms with Crippen molar-refractivity contribution in [3.63, 3.8) is 0 Å². The van der Waals surface area contributed by atoms with Gasteiger partial charge in [-0.25, -0.2) is 4.40 Å². The normalized spacial score (nSPS) is 13.1. The van der Waals surface area contributed by atoms with E-state index in [0.29, 0.717) is 5.71 Å². The SMILES string of the molecule is C#CC(=NS)/C(C)=C\C. The zero-order valence-corrected chi connectivity index (χ0v) is 6.44. The molecule has 0 aliphatic carbocycles. The zero-order chi connectivity index (χ0) is 7.28. The van der Waals surface area contributed by atoms with Gasteiger partial charge in [-0.2, -0.15) is 0 Å². The van der Waals surface area contributed by atoms with Crippen LogP contribution in [0.4, 0.5) is 0 Å². The second-order valence-electron chi connectivity index (χ2n) is 1.56. The molecule has 0 N–H and O–H groups in total. The summed E-state index contributed by atoms with van der Waals surface area (Å²) in [7, 11) is 0. The Labute approximate surface area is 61.4 Å². The third-order valence-electron chi connectivity index (χ3n) is 1.04. The number of allylic oxidation sites excluding steroid dienone is 2. The van der Waals surface area contributed by atoms with Crippen molar-refractivity contribution in [1.29, 1.82) is 0 Å². The highest BCUT2D eigenvalue weighted by atomic mass is 32.1. The van der Waals surface area contributed by atoms with E-state index in [4.69, 9.17) is 6.42 Å². The van der Waals surface area contributed by atoms with Crippen LogP contribution in [0.15, 0.2) is 16.0 Å². The van der Waals surface area contributed by atoms with Crippen LogP contribution in [0.2, 0.25) is 0 Å². The molecule has 0 aliphatic heterocycles. The number of nitrogens with zero attached hydrogens (tertiary/aromatic N) is 1. The van der Waals surface area contributed by atoms with Crippen molar-refractivity contribution >= 4 is 18.5 Å². The van der Waals surface area contributed by atoms with Crippen LogP contribution >= 0.6 is 12.8 Å². The van der Waals surface area contributed by atoms with Crippen molar-refractivity contribution in [2.45, 2.75) is 13.8 Å². The molecule has 9 heavy (non-hydrogen) atoms. The lowest BCUT2D eigenvalue weighted by molar-refractivity contribution is 1.53. The average Bonchev–Trinajstić information content (AvgIpc) is 1.90. The summed E-state index contributed by atoms with van der Waals surface area (Å²) in [6.07, 6.45) is 6.99. The van der Waals surface area contributed by atoms with Gasteiger partial charge in [-0.15, -0.1) is 6.42 Å². The van der Waals surface area contributed by atoms with Gasteiger partial charge in [-0.05, 0) is 38.2 Å². The van der Waals surface area contributed by atoms with Gasteiger partial charge < -0.3 is 0 Å². The summed E-state index contributed by atoms with van der Waals surface area (Å²) in [5.74, 6) is 2.41. The Morgan fingerprint density at radius 1 is 1.78 bits per heavy atom. The summed E-state index contributed by atoms with van der Waals surface area (Å²) in [5.41, 5.74) is 1.58. The third kappa shape index (κ3) is 2.39. The van der Waals surface area contributed by atoms with E-state index < -0.39 is 0 Å². The second-order valence-corrected chi connectivity index (χ2v) is 1.76. The zero-order valence-electron chi connectivity index (χ0n) is 5.55. The highest BCUT2D eigenvalue weighted by Gasteiger charge is 1.92. The molecule has 0 aliphatic rings. The Balaban J connectivity index is 4.39. The van der Waals surface area contributed by atoms with Crippen LogP contribution < -0.4 is 0 Å². The van der Waals surface area contributed by atoms with Crippen LogP contribution in [0.25, 0.3) is 0 Å². The Bertz CT molecular complexity index is 184. The molecular formula is C7H9NS. The van der Waals surface area contributed by atoms with Gasteiger partial charge in [0.15, 0.2) is 0 Å². The molecule has 0 radical (unpaired) electrons. The molecule has 0 saturated heterocycles. The predicted octanol–water partition coefficient (Wildman–Crippen LogP) is 1.87. The Morgan fingerprint density at radius 3 is 2.44 bits per heavy atom. The van der Waals surface area contributed by atoms with Gasteiger partial charge in [0.2, 0.25) is 0 Å². The molecule has 0 heterocycles. The summed E-state index contributed by atoms with van der Waals surface area (Å²) < 4.78 is 3.58. The predicted molar refractivity (Wildman–Crippen MR) is 44.7 cm³/mol. The molecule has 0 aromatic rings. The fraction of sp³-hybridized carbons (Fsp3) is 0.286. The third-order valence-corrected chi connectivity index (χ3v) is 1.24. The molecule has 0 fully saturated rings. The molecule has 1 nitrogen and oxygen atoms in total. The fourth-order valence-electron chi connectivity index (χ4n) is 0.358. The van der Waals surface area contributed by atoms with Gasteiger partial charge in [0.1, 0.15) is 5.71 Å². The first-order chi connectivity index (χ1) is 4.26. The van der Waals surface area contributed by atoms with Gasteiger partial charge in [-0.3, -0.25) is 0 Å². The van der Waals surface area contributed by atoms with Gasteiger partial charge >= 0.3 is 0 Å². The molecule has 0 rings (SSSR count). The van der Waals surface area contributed by atoms with Crippen molar-refractivity contribution in [3.05, 3.63) is 11.6 Å². The molecular weight excluding hydrogens is 130 g/mol. The molecule has 0 bridgehead atoms. The second kappa shape index (κ2) is 4.22. The molecule has 0 saturated carbocycles. The van der Waals surface area contributed by atoms with Gasteiger partial charge in [0.25, 0.3) is 0 Å². The highest BCUT2D eigenvalue weighted by molar-refractivity contribution is 7.79. The van der Waals surface area contributed by atoms with E-state index in [1.807, 2.05) is 19.9 Å². The van der Waals surface area contributed by atoms with Crippen LogP contribution in [-0.4, -0.2) is 5.71 Å². The first-order valence-electron chi connectivity index (χ1n) is 2.58. The minimum atomic E-state index is 0.598. The lowest BCUT2D eigenvalue weighted by Gasteiger charge is -1.92. The number of thiol groups is 1. The summed E-state index contributed by atoms with van der Waals surface area (Å²) in [5, 5.41) is 0. The van der Waals surface area contributed by atoms with Crippen molar-refractivity contribution < 1.29 is 0 Å². The number of terminal acetylenes is 1. The smallest absolute Gasteiger partial charge is 0.123 e. The van der Waals surface area contributed by atoms with Crippen molar-refractivity contribution in [2.75, 3.05) is 0 Å². The van der Waals surface area contributed by atoms with Crippen molar-refractivity contribution in [2.24, 2.45) is 4.40 Å². The van der Waals surface area contributed by atoms with Crippen molar-refractivity contribution in [3.8, 4) is 12.3 Å². The molecule has 2 heteroatoms. The minimum absolute atomic E-state index is 0.598. The molecule has 0 aromatic carbocycles. The number of hydrogen-bond donors (Lipinski definition) is 1. The average molecular weight is 139 g/mol. The quantitative estimate of drug-likeness (QED) is 0.323. The Hall–Kier alpha value is -0.680. The molecule has 0 atom stereocenters. The van der Waals surface area contributed by atoms with Crippen LogP contribution in [0, 0.1) is 12.3 Å². The van der Waals surface area contributed by atoms with Gasteiger partial charge in [0.05, 0.1) is 0 Å². The van der Waals surface area contributed by atoms with E-state index in [9.17, 15) is 0 Å². The fourth-order valence-corrected chi connectivity index (χ4v) is 0.574.